The van der Waals surface area contributed by atoms with Gasteiger partial charge in [-0.15, -0.1) is 0 Å². The zero-order valence-corrected chi connectivity index (χ0v) is 12.0. The summed E-state index contributed by atoms with van der Waals surface area (Å²) in [5, 5.41) is 8.81. The highest BCUT2D eigenvalue weighted by molar-refractivity contribution is 6.36. The Labute approximate surface area is 119 Å². The molecule has 0 atom stereocenters. The van der Waals surface area contributed by atoms with Crippen LogP contribution >= 0.6 is 23.2 Å². The minimum atomic E-state index is -1.45. The second-order valence-corrected chi connectivity index (χ2v) is 5.29. The summed E-state index contributed by atoms with van der Waals surface area (Å²) in [6.07, 6.45) is 0. The molecular formula is C12H12Cl2FNO3. The summed E-state index contributed by atoms with van der Waals surface area (Å²) in [4.78, 5) is 24.2. The molecule has 1 aromatic rings. The van der Waals surface area contributed by atoms with E-state index in [0.29, 0.717) is 0 Å². The van der Waals surface area contributed by atoms with Crippen LogP contribution in [0.15, 0.2) is 12.1 Å². The van der Waals surface area contributed by atoms with Crippen LogP contribution in [-0.2, 0) is 4.79 Å². The van der Waals surface area contributed by atoms with Gasteiger partial charge in [0.2, 0.25) is 0 Å². The van der Waals surface area contributed by atoms with Crippen LogP contribution in [0.1, 0.15) is 24.2 Å². The van der Waals surface area contributed by atoms with Gasteiger partial charge in [-0.3, -0.25) is 4.79 Å². The maximum atomic E-state index is 13.4. The van der Waals surface area contributed by atoms with Gasteiger partial charge in [-0.05, 0) is 26.0 Å². The molecule has 0 saturated heterocycles. The molecule has 7 heteroatoms. The normalized spacial score (nSPS) is 11.3. The number of hydrogen-bond acceptors (Lipinski definition) is 2. The van der Waals surface area contributed by atoms with Crippen LogP contribution in [0.25, 0.3) is 0 Å². The van der Waals surface area contributed by atoms with Crippen LogP contribution in [0.3, 0.4) is 0 Å². The molecule has 1 aromatic carbocycles. The number of nitrogens with zero attached hydrogens (tertiary/aromatic N) is 1. The van der Waals surface area contributed by atoms with Gasteiger partial charge in [-0.1, -0.05) is 23.2 Å². The summed E-state index contributed by atoms with van der Waals surface area (Å²) in [5.74, 6) is -2.68. The number of carboxylic acid groups (broad SMARTS) is 1. The van der Waals surface area contributed by atoms with Crippen molar-refractivity contribution in [3.8, 4) is 0 Å². The minimum absolute atomic E-state index is 0.0376. The quantitative estimate of drug-likeness (QED) is 0.873. The third kappa shape index (κ3) is 2.98. The van der Waals surface area contributed by atoms with Crippen LogP contribution in [0.2, 0.25) is 10.0 Å². The molecule has 0 aliphatic heterocycles. The number of halogens is 3. The SMILES string of the molecule is CN(C(=O)c1cc(F)c(Cl)cc1Cl)C(C)(C)C(=O)O. The van der Waals surface area contributed by atoms with Crippen molar-refractivity contribution in [2.75, 3.05) is 7.05 Å². The first kappa shape index (κ1) is 15.7. The zero-order valence-electron chi connectivity index (χ0n) is 10.5. The molecule has 0 radical (unpaired) electrons. The Bertz CT molecular complexity index is 546. The number of rotatable bonds is 3. The molecule has 104 valence electrons. The van der Waals surface area contributed by atoms with E-state index in [1.54, 1.807) is 0 Å². The Balaban J connectivity index is 3.21. The first-order valence-corrected chi connectivity index (χ1v) is 6.00. The average molecular weight is 308 g/mol. The molecule has 1 rings (SSSR count). The molecule has 0 fully saturated rings. The van der Waals surface area contributed by atoms with E-state index in [1.165, 1.54) is 20.9 Å². The van der Waals surface area contributed by atoms with Crippen molar-refractivity contribution < 1.29 is 19.1 Å². The van der Waals surface area contributed by atoms with Crippen LogP contribution in [0, 0.1) is 5.82 Å². The van der Waals surface area contributed by atoms with E-state index in [0.717, 1.165) is 17.0 Å². The summed E-state index contributed by atoms with van der Waals surface area (Å²) in [6.45, 7) is 2.71. The van der Waals surface area contributed by atoms with Gasteiger partial charge in [0.1, 0.15) is 11.4 Å². The van der Waals surface area contributed by atoms with E-state index in [1.807, 2.05) is 0 Å². The summed E-state index contributed by atoms with van der Waals surface area (Å²) in [7, 11) is 1.30. The standard InChI is InChI=1S/C12H12Cl2FNO3/c1-12(2,11(18)19)16(3)10(17)6-4-9(15)8(14)5-7(6)13/h4-5H,1-3H3,(H,18,19). The van der Waals surface area contributed by atoms with Crippen LogP contribution < -0.4 is 0 Å². The number of carbonyl (C=O) groups excluding carboxylic acids is 1. The smallest absolute Gasteiger partial charge is 0.329 e. The van der Waals surface area contributed by atoms with Crippen molar-refractivity contribution >= 4 is 35.1 Å². The lowest BCUT2D eigenvalue weighted by Gasteiger charge is -2.31. The number of hydrogen-bond donors (Lipinski definition) is 1. The van der Waals surface area contributed by atoms with Gasteiger partial charge in [0, 0.05) is 7.05 Å². The molecule has 0 saturated carbocycles. The molecule has 0 unspecified atom stereocenters. The number of carboxylic acids is 1. The highest BCUT2D eigenvalue weighted by Gasteiger charge is 2.36. The lowest BCUT2D eigenvalue weighted by molar-refractivity contribution is -0.147. The van der Waals surface area contributed by atoms with E-state index in [-0.39, 0.29) is 15.6 Å². The first-order chi connectivity index (χ1) is 8.59. The summed E-state index contributed by atoms with van der Waals surface area (Å²) >= 11 is 11.4. The van der Waals surface area contributed by atoms with Crippen molar-refractivity contribution in [3.63, 3.8) is 0 Å². The third-order valence-corrected chi connectivity index (χ3v) is 3.51. The molecule has 0 aliphatic rings. The molecule has 19 heavy (non-hydrogen) atoms. The van der Waals surface area contributed by atoms with Crippen molar-refractivity contribution in [3.05, 3.63) is 33.6 Å². The Morgan fingerprint density at radius 3 is 2.26 bits per heavy atom. The van der Waals surface area contributed by atoms with Gasteiger partial charge < -0.3 is 10.0 Å². The first-order valence-electron chi connectivity index (χ1n) is 5.25. The number of likely N-dealkylation sites (N-methyl/N-ethyl adjacent to an activating group) is 1. The fourth-order valence-electron chi connectivity index (χ4n) is 1.26. The van der Waals surface area contributed by atoms with Crippen LogP contribution in [-0.4, -0.2) is 34.5 Å². The molecule has 0 bridgehead atoms. The Kier molecular flexibility index (Phi) is 4.43. The fraction of sp³-hybridized carbons (Fsp3) is 0.333. The summed E-state index contributed by atoms with van der Waals surface area (Å²) < 4.78 is 13.4. The Morgan fingerprint density at radius 2 is 1.79 bits per heavy atom. The van der Waals surface area contributed by atoms with Crippen molar-refractivity contribution in [1.82, 2.24) is 4.90 Å². The summed E-state index contributed by atoms with van der Waals surface area (Å²) in [5.41, 5.74) is -1.59. The molecule has 1 amide bonds. The highest BCUT2D eigenvalue weighted by Crippen LogP contribution is 2.27. The molecule has 4 nitrogen and oxygen atoms in total. The molecule has 1 N–H and O–H groups in total. The van der Waals surface area contributed by atoms with Crippen molar-refractivity contribution in [2.45, 2.75) is 19.4 Å². The van der Waals surface area contributed by atoms with E-state index in [4.69, 9.17) is 28.3 Å². The van der Waals surface area contributed by atoms with Crippen molar-refractivity contribution in [1.29, 1.82) is 0 Å². The van der Waals surface area contributed by atoms with E-state index in [2.05, 4.69) is 0 Å². The molecule has 0 aromatic heterocycles. The molecular weight excluding hydrogens is 296 g/mol. The van der Waals surface area contributed by atoms with Gasteiger partial charge in [0.05, 0.1) is 15.6 Å². The molecule has 0 heterocycles. The Hall–Kier alpha value is -1.33. The van der Waals surface area contributed by atoms with E-state index < -0.39 is 23.2 Å². The predicted octanol–water partition coefficient (Wildman–Crippen LogP) is 3.07. The minimum Gasteiger partial charge on any atom is -0.480 e. The highest BCUT2D eigenvalue weighted by atomic mass is 35.5. The summed E-state index contributed by atoms with van der Waals surface area (Å²) in [6, 6.07) is 1.99. The van der Waals surface area contributed by atoms with Crippen molar-refractivity contribution in [2.24, 2.45) is 0 Å². The van der Waals surface area contributed by atoms with Crippen LogP contribution in [0.5, 0.6) is 0 Å². The van der Waals surface area contributed by atoms with Gasteiger partial charge >= 0.3 is 5.97 Å². The number of benzene rings is 1. The molecule has 0 aliphatic carbocycles. The average Bonchev–Trinajstić information content (AvgIpc) is 2.31. The number of carbonyl (C=O) groups is 2. The second-order valence-electron chi connectivity index (χ2n) is 4.47. The largest absolute Gasteiger partial charge is 0.480 e. The van der Waals surface area contributed by atoms with Gasteiger partial charge in [0.15, 0.2) is 0 Å². The lowest BCUT2D eigenvalue weighted by atomic mass is 10.0. The monoisotopic (exact) mass is 307 g/mol. The van der Waals surface area contributed by atoms with Crippen LogP contribution in [0.4, 0.5) is 4.39 Å². The van der Waals surface area contributed by atoms with Gasteiger partial charge in [0.25, 0.3) is 5.91 Å². The lowest BCUT2D eigenvalue weighted by Crippen LogP contribution is -2.50. The molecule has 0 spiro atoms. The van der Waals surface area contributed by atoms with Gasteiger partial charge in [-0.2, -0.15) is 0 Å². The zero-order chi connectivity index (χ0) is 15.0. The van der Waals surface area contributed by atoms with Gasteiger partial charge in [-0.25, -0.2) is 9.18 Å². The van der Waals surface area contributed by atoms with E-state index in [9.17, 15) is 14.0 Å². The Morgan fingerprint density at radius 1 is 1.26 bits per heavy atom. The fourth-order valence-corrected chi connectivity index (χ4v) is 1.73. The maximum Gasteiger partial charge on any atom is 0.329 e. The maximum absolute atomic E-state index is 13.4. The number of amides is 1. The number of aliphatic carboxylic acids is 1. The second kappa shape index (κ2) is 5.35. The third-order valence-electron chi connectivity index (χ3n) is 2.91. The predicted molar refractivity (Wildman–Crippen MR) is 70.2 cm³/mol. The van der Waals surface area contributed by atoms with E-state index >= 15 is 0 Å². The topological polar surface area (TPSA) is 57.6 Å².